The van der Waals surface area contributed by atoms with E-state index in [4.69, 9.17) is 9.15 Å². The number of nitrogens with one attached hydrogen (secondary N) is 1. The fourth-order valence-electron chi connectivity index (χ4n) is 2.85. The zero-order chi connectivity index (χ0) is 19.4. The van der Waals surface area contributed by atoms with E-state index < -0.39 is 5.97 Å². The van der Waals surface area contributed by atoms with Crippen LogP contribution in [0.3, 0.4) is 0 Å². The molecule has 140 valence electrons. The van der Waals surface area contributed by atoms with Crippen molar-refractivity contribution < 1.29 is 18.7 Å². The van der Waals surface area contributed by atoms with Gasteiger partial charge in [0.1, 0.15) is 5.58 Å². The summed E-state index contributed by atoms with van der Waals surface area (Å²) in [5.41, 5.74) is 5.64. The highest BCUT2D eigenvalue weighted by molar-refractivity contribution is 5.93. The van der Waals surface area contributed by atoms with Gasteiger partial charge in [0.2, 0.25) is 0 Å². The summed E-state index contributed by atoms with van der Waals surface area (Å²) in [6.07, 6.45) is 2.57. The van der Waals surface area contributed by atoms with Crippen LogP contribution in [0.4, 0.5) is 5.69 Å². The topological polar surface area (TPSA) is 68.5 Å². The third-order valence-electron chi connectivity index (χ3n) is 4.61. The zero-order valence-corrected chi connectivity index (χ0v) is 15.8. The number of furan rings is 1. The molecular weight excluding hydrogens is 342 g/mol. The molecule has 0 saturated heterocycles. The average Bonchev–Trinajstić information content (AvgIpc) is 3.02. The number of fused-ring (bicyclic) bond motifs is 1. The molecule has 27 heavy (non-hydrogen) atoms. The largest absolute Gasteiger partial charge is 0.464 e. The number of hydrogen-bond acceptors (Lipinski definition) is 4. The molecule has 1 aromatic heterocycles. The summed E-state index contributed by atoms with van der Waals surface area (Å²) in [5, 5.41) is 3.61. The lowest BCUT2D eigenvalue weighted by Crippen LogP contribution is -2.21. The van der Waals surface area contributed by atoms with E-state index in [0.717, 1.165) is 34.1 Å². The van der Waals surface area contributed by atoms with Crippen molar-refractivity contribution in [1.29, 1.82) is 0 Å². The van der Waals surface area contributed by atoms with Gasteiger partial charge >= 0.3 is 5.97 Å². The first-order valence-corrected chi connectivity index (χ1v) is 8.98. The van der Waals surface area contributed by atoms with Gasteiger partial charge in [0.05, 0.1) is 12.7 Å². The van der Waals surface area contributed by atoms with Gasteiger partial charge in [-0.05, 0) is 61.2 Å². The van der Waals surface area contributed by atoms with E-state index in [1.165, 1.54) is 5.56 Å². The summed E-state index contributed by atoms with van der Waals surface area (Å²) in [4.78, 5) is 24.1. The summed E-state index contributed by atoms with van der Waals surface area (Å²) in [7, 11) is 0. The fourth-order valence-corrected chi connectivity index (χ4v) is 2.85. The standard InChI is InChI=1S/C22H23NO4/c1-4-16-5-7-18(8-6-16)23-21(24)13-27-22(25)11-17-12-26-20-10-15(3)14(2)9-19(17)20/h5-10,12H,4,11,13H2,1-3H3,(H,23,24). The van der Waals surface area contributed by atoms with Crippen molar-refractivity contribution in [2.75, 3.05) is 11.9 Å². The summed E-state index contributed by atoms with van der Waals surface area (Å²) in [6, 6.07) is 11.5. The molecule has 5 heteroatoms. The van der Waals surface area contributed by atoms with Gasteiger partial charge in [-0.1, -0.05) is 19.1 Å². The van der Waals surface area contributed by atoms with Crippen molar-refractivity contribution in [3.63, 3.8) is 0 Å². The summed E-state index contributed by atoms with van der Waals surface area (Å²) in [6.45, 7) is 5.78. The van der Waals surface area contributed by atoms with Crippen molar-refractivity contribution in [3.8, 4) is 0 Å². The minimum Gasteiger partial charge on any atom is -0.464 e. The van der Waals surface area contributed by atoms with Crippen LogP contribution in [-0.4, -0.2) is 18.5 Å². The van der Waals surface area contributed by atoms with Gasteiger partial charge in [0.15, 0.2) is 6.61 Å². The first-order valence-electron chi connectivity index (χ1n) is 8.98. The van der Waals surface area contributed by atoms with Gasteiger partial charge < -0.3 is 14.5 Å². The summed E-state index contributed by atoms with van der Waals surface area (Å²) < 4.78 is 10.6. The third-order valence-corrected chi connectivity index (χ3v) is 4.61. The number of rotatable bonds is 6. The van der Waals surface area contributed by atoms with E-state index in [2.05, 4.69) is 12.2 Å². The van der Waals surface area contributed by atoms with E-state index in [1.54, 1.807) is 6.26 Å². The molecule has 5 nitrogen and oxygen atoms in total. The second-order valence-electron chi connectivity index (χ2n) is 6.63. The smallest absolute Gasteiger partial charge is 0.310 e. The van der Waals surface area contributed by atoms with E-state index in [-0.39, 0.29) is 18.9 Å². The average molecular weight is 365 g/mol. The maximum atomic E-state index is 12.1. The first kappa shape index (κ1) is 18.7. The minimum atomic E-state index is -0.465. The molecule has 0 bridgehead atoms. The van der Waals surface area contributed by atoms with Crippen molar-refractivity contribution in [2.45, 2.75) is 33.6 Å². The van der Waals surface area contributed by atoms with Crippen LogP contribution in [0.15, 0.2) is 47.1 Å². The Kier molecular flexibility index (Phi) is 5.60. The second kappa shape index (κ2) is 8.08. The van der Waals surface area contributed by atoms with Crippen LogP contribution in [0.25, 0.3) is 11.0 Å². The van der Waals surface area contributed by atoms with Gasteiger partial charge in [-0.3, -0.25) is 9.59 Å². The van der Waals surface area contributed by atoms with E-state index in [0.29, 0.717) is 5.69 Å². The van der Waals surface area contributed by atoms with Crippen LogP contribution in [-0.2, 0) is 27.2 Å². The van der Waals surface area contributed by atoms with Crippen molar-refractivity contribution in [2.24, 2.45) is 0 Å². The molecule has 0 atom stereocenters. The van der Waals surface area contributed by atoms with E-state index >= 15 is 0 Å². The lowest BCUT2D eigenvalue weighted by Gasteiger charge is -2.07. The molecule has 1 heterocycles. The number of anilines is 1. The van der Waals surface area contributed by atoms with Crippen LogP contribution in [0.1, 0.15) is 29.2 Å². The number of carbonyl (C=O) groups is 2. The highest BCUT2D eigenvalue weighted by Gasteiger charge is 2.14. The molecule has 1 amide bonds. The SMILES string of the molecule is CCc1ccc(NC(=O)COC(=O)Cc2coc3cc(C)c(C)cc23)cc1. The van der Waals surface area contributed by atoms with Gasteiger partial charge in [0, 0.05) is 16.6 Å². The number of hydrogen-bond donors (Lipinski definition) is 1. The number of carbonyl (C=O) groups excluding carboxylic acids is 2. The third kappa shape index (κ3) is 4.56. The predicted molar refractivity (Wildman–Crippen MR) is 105 cm³/mol. The van der Waals surface area contributed by atoms with E-state index in [9.17, 15) is 9.59 Å². The Morgan fingerprint density at radius 2 is 1.78 bits per heavy atom. The number of amides is 1. The van der Waals surface area contributed by atoms with Gasteiger partial charge in [-0.15, -0.1) is 0 Å². The van der Waals surface area contributed by atoms with Crippen molar-refractivity contribution in [3.05, 3.63) is 64.9 Å². The lowest BCUT2D eigenvalue weighted by atomic mass is 10.0. The van der Waals surface area contributed by atoms with Gasteiger partial charge in [-0.2, -0.15) is 0 Å². The zero-order valence-electron chi connectivity index (χ0n) is 15.8. The Labute approximate surface area is 158 Å². The molecule has 0 saturated carbocycles. The van der Waals surface area contributed by atoms with Gasteiger partial charge in [-0.25, -0.2) is 0 Å². The Hall–Kier alpha value is -3.08. The van der Waals surface area contributed by atoms with Gasteiger partial charge in [0.25, 0.3) is 5.91 Å². The Morgan fingerprint density at radius 1 is 1.07 bits per heavy atom. The second-order valence-corrected chi connectivity index (χ2v) is 6.63. The van der Waals surface area contributed by atoms with Crippen LogP contribution in [0.2, 0.25) is 0 Å². The molecular formula is C22H23NO4. The highest BCUT2D eigenvalue weighted by Crippen LogP contribution is 2.25. The number of esters is 1. The molecule has 3 rings (SSSR count). The van der Waals surface area contributed by atoms with Crippen LogP contribution >= 0.6 is 0 Å². The normalized spacial score (nSPS) is 10.8. The molecule has 0 fully saturated rings. The first-order chi connectivity index (χ1) is 13.0. The summed E-state index contributed by atoms with van der Waals surface area (Å²) in [5.74, 6) is -0.830. The number of ether oxygens (including phenoxy) is 1. The minimum absolute atomic E-state index is 0.0635. The van der Waals surface area contributed by atoms with E-state index in [1.807, 2.05) is 50.2 Å². The Bertz CT molecular complexity index is 970. The monoisotopic (exact) mass is 365 g/mol. The lowest BCUT2D eigenvalue weighted by molar-refractivity contribution is -0.146. The maximum absolute atomic E-state index is 12.1. The van der Waals surface area contributed by atoms with Crippen LogP contribution < -0.4 is 5.32 Å². The molecule has 0 spiro atoms. The molecule has 3 aromatic rings. The fraction of sp³-hybridized carbons (Fsp3) is 0.273. The Morgan fingerprint density at radius 3 is 2.48 bits per heavy atom. The van der Waals surface area contributed by atoms with Crippen molar-refractivity contribution in [1.82, 2.24) is 0 Å². The quantitative estimate of drug-likeness (QED) is 0.660. The molecule has 0 aliphatic carbocycles. The summed E-state index contributed by atoms with van der Waals surface area (Å²) >= 11 is 0. The number of aryl methyl sites for hydroxylation is 3. The molecule has 0 aliphatic heterocycles. The van der Waals surface area contributed by atoms with Crippen LogP contribution in [0.5, 0.6) is 0 Å². The Balaban J connectivity index is 1.55. The molecule has 1 N–H and O–H groups in total. The van der Waals surface area contributed by atoms with Crippen molar-refractivity contribution >= 4 is 28.5 Å². The maximum Gasteiger partial charge on any atom is 0.310 e. The molecule has 2 aromatic carbocycles. The molecule has 0 unspecified atom stereocenters. The highest BCUT2D eigenvalue weighted by atomic mass is 16.5. The predicted octanol–water partition coefficient (Wildman–Crippen LogP) is 4.34. The molecule has 0 radical (unpaired) electrons. The molecule has 0 aliphatic rings. The number of benzene rings is 2. The van der Waals surface area contributed by atoms with Crippen LogP contribution in [0, 0.1) is 13.8 Å².